The van der Waals surface area contributed by atoms with Crippen LogP contribution in [0.5, 0.6) is 5.75 Å². The Bertz CT molecular complexity index is 948. The van der Waals surface area contributed by atoms with E-state index in [-0.39, 0.29) is 16.7 Å². The number of phenols is 1. The van der Waals surface area contributed by atoms with E-state index in [9.17, 15) is 9.90 Å². The molecule has 0 bridgehead atoms. The predicted molar refractivity (Wildman–Crippen MR) is 115 cm³/mol. The van der Waals surface area contributed by atoms with E-state index in [1.165, 1.54) is 23.6 Å². The van der Waals surface area contributed by atoms with Crippen molar-refractivity contribution in [2.45, 2.75) is 39.3 Å². The van der Waals surface area contributed by atoms with Crippen LogP contribution in [0.15, 0.2) is 17.1 Å². The minimum Gasteiger partial charge on any atom is -0.506 e. The summed E-state index contributed by atoms with van der Waals surface area (Å²) in [7, 11) is 2.05. The zero-order chi connectivity index (χ0) is 20.6. The number of thiophene rings is 1. The van der Waals surface area contributed by atoms with Crippen LogP contribution in [0.2, 0.25) is 10.0 Å². The Kier molecular flexibility index (Phi) is 6.05. The van der Waals surface area contributed by atoms with Crippen molar-refractivity contribution in [3.63, 3.8) is 0 Å². The second-order valence-corrected chi connectivity index (χ2v) is 9.68. The summed E-state index contributed by atoms with van der Waals surface area (Å²) in [5.41, 5.74) is 1.29. The van der Waals surface area contributed by atoms with E-state index in [0.717, 1.165) is 30.0 Å². The minimum atomic E-state index is -0.600. The van der Waals surface area contributed by atoms with Crippen LogP contribution in [0.4, 0.5) is 5.00 Å². The fourth-order valence-electron chi connectivity index (χ4n) is 2.96. The standard InChI is InChI=1S/C20H22Cl2N2O3S/c1-20(2,3)27-19(26)16-13-5-6-24(4)10-15(13)28-18(16)23-9-11-7-12(21)8-14(22)17(11)25/h7-9,25H,5-6,10H2,1-4H3. The van der Waals surface area contributed by atoms with Crippen LogP contribution in [0.3, 0.4) is 0 Å². The maximum absolute atomic E-state index is 12.9. The van der Waals surface area contributed by atoms with Crippen molar-refractivity contribution in [2.24, 2.45) is 4.99 Å². The molecule has 0 spiro atoms. The van der Waals surface area contributed by atoms with Gasteiger partial charge in [-0.2, -0.15) is 0 Å². The van der Waals surface area contributed by atoms with E-state index in [1.54, 1.807) is 6.07 Å². The lowest BCUT2D eigenvalue weighted by Gasteiger charge is -2.23. The predicted octanol–water partition coefficient (Wildman–Crippen LogP) is 5.45. The van der Waals surface area contributed by atoms with Gasteiger partial charge in [0.2, 0.25) is 0 Å². The molecule has 8 heteroatoms. The summed E-state index contributed by atoms with van der Waals surface area (Å²) in [5, 5.41) is 11.3. The fourth-order valence-corrected chi connectivity index (χ4v) is 4.73. The van der Waals surface area contributed by atoms with Crippen molar-refractivity contribution < 1.29 is 14.6 Å². The van der Waals surface area contributed by atoms with Crippen molar-refractivity contribution in [1.82, 2.24) is 4.90 Å². The van der Waals surface area contributed by atoms with Crippen molar-refractivity contribution in [3.05, 3.63) is 43.7 Å². The normalized spacial score (nSPS) is 15.1. The molecule has 0 saturated heterocycles. The van der Waals surface area contributed by atoms with Crippen LogP contribution in [-0.4, -0.2) is 41.4 Å². The first-order chi connectivity index (χ1) is 13.0. The van der Waals surface area contributed by atoms with E-state index in [1.807, 2.05) is 27.8 Å². The molecule has 3 rings (SSSR count). The first-order valence-electron chi connectivity index (χ1n) is 8.83. The lowest BCUT2D eigenvalue weighted by molar-refractivity contribution is 0.00694. The van der Waals surface area contributed by atoms with Crippen LogP contribution in [0, 0.1) is 0 Å². The minimum absolute atomic E-state index is 0.102. The maximum atomic E-state index is 12.9. The number of hydrogen-bond donors (Lipinski definition) is 1. The Balaban J connectivity index is 2.04. The molecule has 1 N–H and O–H groups in total. The van der Waals surface area contributed by atoms with Gasteiger partial charge in [0.1, 0.15) is 16.4 Å². The topological polar surface area (TPSA) is 62.1 Å². The average molecular weight is 441 g/mol. The summed E-state index contributed by atoms with van der Waals surface area (Å²) in [5.74, 6) is -0.482. The van der Waals surface area contributed by atoms with E-state index in [2.05, 4.69) is 9.89 Å². The molecular formula is C20H22Cl2N2O3S. The Morgan fingerprint density at radius 3 is 2.75 bits per heavy atom. The molecule has 5 nitrogen and oxygen atoms in total. The number of aliphatic imine (C=N–C) groups is 1. The van der Waals surface area contributed by atoms with Gasteiger partial charge in [-0.3, -0.25) is 0 Å². The average Bonchev–Trinajstić information content (AvgIpc) is 2.92. The lowest BCUT2D eigenvalue weighted by Crippen LogP contribution is -2.28. The quantitative estimate of drug-likeness (QED) is 0.508. The number of benzene rings is 1. The summed E-state index contributed by atoms with van der Waals surface area (Å²) in [6, 6.07) is 3.03. The van der Waals surface area contributed by atoms with Gasteiger partial charge < -0.3 is 14.7 Å². The highest BCUT2D eigenvalue weighted by molar-refractivity contribution is 7.16. The molecule has 0 amide bonds. The van der Waals surface area contributed by atoms with Gasteiger partial charge in [0.15, 0.2) is 0 Å². The molecule has 1 aromatic carbocycles. The SMILES string of the molecule is CN1CCc2c(sc(N=Cc3cc(Cl)cc(Cl)c3O)c2C(=O)OC(C)(C)C)C1. The van der Waals surface area contributed by atoms with Gasteiger partial charge in [-0.05, 0) is 51.9 Å². The van der Waals surface area contributed by atoms with Gasteiger partial charge in [-0.25, -0.2) is 9.79 Å². The first-order valence-corrected chi connectivity index (χ1v) is 10.4. The van der Waals surface area contributed by atoms with Crippen molar-refractivity contribution in [2.75, 3.05) is 13.6 Å². The highest BCUT2D eigenvalue weighted by Crippen LogP contribution is 2.40. The van der Waals surface area contributed by atoms with Gasteiger partial charge in [0.25, 0.3) is 0 Å². The molecule has 0 atom stereocenters. The molecule has 0 aliphatic carbocycles. The fraction of sp³-hybridized carbons (Fsp3) is 0.400. The van der Waals surface area contributed by atoms with E-state index in [0.29, 0.717) is 21.2 Å². The maximum Gasteiger partial charge on any atom is 0.342 e. The molecule has 2 aromatic rings. The molecule has 2 heterocycles. The zero-order valence-corrected chi connectivity index (χ0v) is 18.5. The largest absolute Gasteiger partial charge is 0.506 e. The molecule has 28 heavy (non-hydrogen) atoms. The van der Waals surface area contributed by atoms with E-state index in [4.69, 9.17) is 27.9 Å². The molecule has 0 saturated carbocycles. The summed E-state index contributed by atoms with van der Waals surface area (Å²) in [6.45, 7) is 7.15. The molecule has 1 aliphatic rings. The number of likely N-dealkylation sites (N-methyl/N-ethyl adjacent to an activating group) is 1. The van der Waals surface area contributed by atoms with Crippen molar-refractivity contribution >= 4 is 51.7 Å². The third kappa shape index (κ3) is 4.69. The lowest BCUT2D eigenvalue weighted by atomic mass is 10.0. The summed E-state index contributed by atoms with van der Waals surface area (Å²) >= 11 is 13.5. The van der Waals surface area contributed by atoms with Crippen LogP contribution in [-0.2, 0) is 17.7 Å². The second-order valence-electron chi connectivity index (χ2n) is 7.76. The van der Waals surface area contributed by atoms with Crippen LogP contribution >= 0.6 is 34.5 Å². The second kappa shape index (κ2) is 8.03. The van der Waals surface area contributed by atoms with Gasteiger partial charge in [-0.15, -0.1) is 11.3 Å². The highest BCUT2D eigenvalue weighted by Gasteiger charge is 2.30. The number of fused-ring (bicyclic) bond motifs is 1. The number of ether oxygens (including phenoxy) is 1. The third-order valence-corrected chi connectivity index (χ3v) is 5.84. The first kappa shape index (κ1) is 21.1. The van der Waals surface area contributed by atoms with Crippen LogP contribution < -0.4 is 0 Å². The van der Waals surface area contributed by atoms with Crippen LogP contribution in [0.25, 0.3) is 0 Å². The summed E-state index contributed by atoms with van der Waals surface area (Å²) < 4.78 is 5.62. The Labute approximate surface area is 178 Å². The molecular weight excluding hydrogens is 419 g/mol. The molecule has 150 valence electrons. The number of phenolic OH excluding ortho intramolecular Hbond substituents is 1. The smallest absolute Gasteiger partial charge is 0.342 e. The zero-order valence-electron chi connectivity index (χ0n) is 16.2. The third-order valence-electron chi connectivity index (χ3n) is 4.21. The van der Waals surface area contributed by atoms with Crippen molar-refractivity contribution in [3.8, 4) is 5.75 Å². The Morgan fingerprint density at radius 1 is 1.36 bits per heavy atom. The number of carbonyl (C=O) groups is 1. The number of halogens is 2. The number of esters is 1. The number of nitrogens with zero attached hydrogens (tertiary/aromatic N) is 2. The summed E-state index contributed by atoms with van der Waals surface area (Å²) in [4.78, 5) is 20.7. The monoisotopic (exact) mass is 440 g/mol. The van der Waals surface area contributed by atoms with E-state index < -0.39 is 5.60 Å². The molecule has 0 unspecified atom stereocenters. The van der Waals surface area contributed by atoms with E-state index >= 15 is 0 Å². The van der Waals surface area contributed by atoms with Gasteiger partial charge in [-0.1, -0.05) is 23.2 Å². The Morgan fingerprint density at radius 2 is 2.07 bits per heavy atom. The van der Waals surface area contributed by atoms with Crippen molar-refractivity contribution in [1.29, 1.82) is 0 Å². The molecule has 0 radical (unpaired) electrons. The molecule has 1 aromatic heterocycles. The van der Waals surface area contributed by atoms with Gasteiger partial charge in [0, 0.05) is 34.8 Å². The van der Waals surface area contributed by atoms with Crippen LogP contribution in [0.1, 0.15) is 47.1 Å². The highest BCUT2D eigenvalue weighted by atomic mass is 35.5. The number of hydrogen-bond acceptors (Lipinski definition) is 6. The molecule has 1 aliphatic heterocycles. The van der Waals surface area contributed by atoms with Gasteiger partial charge in [0.05, 0.1) is 10.6 Å². The summed E-state index contributed by atoms with van der Waals surface area (Å²) in [6.07, 6.45) is 2.24. The van der Waals surface area contributed by atoms with Gasteiger partial charge >= 0.3 is 5.97 Å². The number of aromatic hydroxyl groups is 1. The number of rotatable bonds is 3. The molecule has 0 fully saturated rings. The number of carbonyl (C=O) groups excluding carboxylic acids is 1. The Hall–Kier alpha value is -1.60.